The van der Waals surface area contributed by atoms with Gasteiger partial charge in [0.25, 0.3) is 0 Å². The molecule has 0 aromatic carbocycles. The largest absolute Gasteiger partial charge is 0.382 e. The zero-order valence-electron chi connectivity index (χ0n) is 11.8. The van der Waals surface area contributed by atoms with Crippen LogP contribution in [0.4, 0.5) is 5.95 Å². The molecule has 1 aromatic rings. The third-order valence-electron chi connectivity index (χ3n) is 3.72. The van der Waals surface area contributed by atoms with Crippen molar-refractivity contribution in [1.29, 1.82) is 5.41 Å². The van der Waals surface area contributed by atoms with Crippen molar-refractivity contribution in [3.8, 4) is 0 Å². The molecule has 0 saturated heterocycles. The number of hydrogen-bond donors (Lipinski definition) is 2. The van der Waals surface area contributed by atoms with Crippen LogP contribution in [0.15, 0.2) is 6.07 Å². The first-order valence-corrected chi connectivity index (χ1v) is 6.97. The average molecular weight is 261 g/mol. The lowest BCUT2D eigenvalue weighted by molar-refractivity contribution is 0.361. The molecule has 0 bridgehead atoms. The molecule has 0 aliphatic heterocycles. The second-order valence-corrected chi connectivity index (χ2v) is 5.49. The number of anilines is 1. The molecule has 1 aliphatic carbocycles. The van der Waals surface area contributed by atoms with Crippen LogP contribution < -0.4 is 10.6 Å². The Morgan fingerprint density at radius 2 is 2.05 bits per heavy atom. The van der Waals surface area contributed by atoms with Crippen LogP contribution in [-0.2, 0) is 0 Å². The maximum absolute atomic E-state index is 7.49. The first-order valence-electron chi connectivity index (χ1n) is 6.97. The molecule has 5 heteroatoms. The van der Waals surface area contributed by atoms with E-state index in [1.807, 2.05) is 14.0 Å². The minimum Gasteiger partial charge on any atom is -0.382 e. The molecule has 0 unspecified atom stereocenters. The normalized spacial score (nSPS) is 16.3. The molecule has 0 spiro atoms. The fraction of sp³-hybridized carbons (Fsp3) is 0.643. The van der Waals surface area contributed by atoms with Gasteiger partial charge < -0.3 is 10.6 Å². The van der Waals surface area contributed by atoms with E-state index in [0.717, 1.165) is 18.2 Å². The van der Waals surface area contributed by atoms with Crippen LogP contribution in [-0.4, -0.2) is 29.4 Å². The smallest absolute Gasteiger partial charge is 0.225 e. The number of nitrogens with one attached hydrogen (secondary N) is 1. The average Bonchev–Trinajstić information content (AvgIpc) is 2.39. The van der Waals surface area contributed by atoms with Crippen molar-refractivity contribution in [2.75, 3.05) is 18.5 Å². The third-order valence-corrected chi connectivity index (χ3v) is 3.72. The monoisotopic (exact) mass is 261 g/mol. The fourth-order valence-corrected chi connectivity index (χ4v) is 2.70. The van der Waals surface area contributed by atoms with Gasteiger partial charge in [-0.3, -0.25) is 5.41 Å². The zero-order valence-corrected chi connectivity index (χ0v) is 11.8. The Bertz CT molecular complexity index is 451. The molecule has 1 fully saturated rings. The Morgan fingerprint density at radius 1 is 1.37 bits per heavy atom. The van der Waals surface area contributed by atoms with Gasteiger partial charge in [0.2, 0.25) is 5.95 Å². The number of amidine groups is 1. The minimum absolute atomic E-state index is 0.00202. The summed E-state index contributed by atoms with van der Waals surface area (Å²) in [7, 11) is 2.02. The number of aromatic nitrogens is 2. The topological polar surface area (TPSA) is 78.9 Å². The van der Waals surface area contributed by atoms with E-state index in [1.54, 1.807) is 6.07 Å². The summed E-state index contributed by atoms with van der Waals surface area (Å²) < 4.78 is 0. The molecule has 0 amide bonds. The number of nitrogens with zero attached hydrogens (tertiary/aromatic N) is 3. The highest BCUT2D eigenvalue weighted by Crippen LogP contribution is 2.25. The molecule has 1 saturated carbocycles. The third kappa shape index (κ3) is 3.66. The van der Waals surface area contributed by atoms with Gasteiger partial charge in [0, 0.05) is 19.3 Å². The van der Waals surface area contributed by atoms with Crippen LogP contribution in [0.5, 0.6) is 0 Å². The lowest BCUT2D eigenvalue weighted by atomic mass is 9.89. The van der Waals surface area contributed by atoms with Crippen LogP contribution in [0.2, 0.25) is 0 Å². The SMILES string of the molecule is Cc1cc(C(=N)N)nc(N(C)CC2CCCCC2)n1. The summed E-state index contributed by atoms with van der Waals surface area (Å²) in [5.41, 5.74) is 6.87. The fourth-order valence-electron chi connectivity index (χ4n) is 2.70. The van der Waals surface area contributed by atoms with Gasteiger partial charge in [0.05, 0.1) is 0 Å². The summed E-state index contributed by atoms with van der Waals surface area (Å²) in [6, 6.07) is 1.75. The Balaban J connectivity index is 2.09. The van der Waals surface area contributed by atoms with Gasteiger partial charge in [-0.1, -0.05) is 19.3 Å². The molecule has 1 aliphatic rings. The van der Waals surface area contributed by atoms with Gasteiger partial charge in [0.15, 0.2) is 0 Å². The van der Waals surface area contributed by atoms with Crippen molar-refractivity contribution in [2.45, 2.75) is 39.0 Å². The molecular formula is C14H23N5. The van der Waals surface area contributed by atoms with Crippen LogP contribution >= 0.6 is 0 Å². The lowest BCUT2D eigenvalue weighted by Gasteiger charge is -2.27. The molecular weight excluding hydrogens is 238 g/mol. The highest BCUT2D eigenvalue weighted by atomic mass is 15.2. The first-order chi connectivity index (χ1) is 9.06. The van der Waals surface area contributed by atoms with E-state index in [4.69, 9.17) is 11.1 Å². The summed E-state index contributed by atoms with van der Waals surface area (Å²) in [5, 5.41) is 7.49. The highest BCUT2D eigenvalue weighted by molar-refractivity contribution is 5.93. The Morgan fingerprint density at radius 3 is 2.68 bits per heavy atom. The predicted octanol–water partition coefficient (Wildman–Crippen LogP) is 2.09. The molecule has 3 N–H and O–H groups in total. The number of aryl methyl sites for hydroxylation is 1. The molecule has 0 atom stereocenters. The van der Waals surface area contributed by atoms with E-state index in [2.05, 4.69) is 14.9 Å². The van der Waals surface area contributed by atoms with E-state index >= 15 is 0 Å². The summed E-state index contributed by atoms with van der Waals surface area (Å²) in [6.45, 7) is 2.90. The van der Waals surface area contributed by atoms with Crippen LogP contribution in [0.1, 0.15) is 43.5 Å². The Hall–Kier alpha value is -1.65. The predicted molar refractivity (Wildman–Crippen MR) is 77.6 cm³/mol. The van der Waals surface area contributed by atoms with E-state index in [0.29, 0.717) is 11.6 Å². The second-order valence-electron chi connectivity index (χ2n) is 5.49. The molecule has 5 nitrogen and oxygen atoms in total. The van der Waals surface area contributed by atoms with Crippen LogP contribution in [0.25, 0.3) is 0 Å². The molecule has 104 valence electrons. The van der Waals surface area contributed by atoms with Gasteiger partial charge in [-0.15, -0.1) is 0 Å². The zero-order chi connectivity index (χ0) is 13.8. The van der Waals surface area contributed by atoms with Crippen molar-refractivity contribution in [1.82, 2.24) is 9.97 Å². The van der Waals surface area contributed by atoms with Crippen molar-refractivity contribution in [3.63, 3.8) is 0 Å². The standard InChI is InChI=1S/C14H23N5/c1-10-8-12(13(15)16)18-14(17-10)19(2)9-11-6-4-3-5-7-11/h8,11H,3-7,9H2,1-2H3,(H3,15,16). The van der Waals surface area contributed by atoms with Gasteiger partial charge in [-0.25, -0.2) is 9.97 Å². The summed E-state index contributed by atoms with van der Waals surface area (Å²) >= 11 is 0. The Labute approximate surface area is 114 Å². The van der Waals surface area contributed by atoms with Gasteiger partial charge in [0.1, 0.15) is 11.5 Å². The molecule has 19 heavy (non-hydrogen) atoms. The van der Waals surface area contributed by atoms with Crippen molar-refractivity contribution < 1.29 is 0 Å². The second kappa shape index (κ2) is 5.99. The summed E-state index contributed by atoms with van der Waals surface area (Å²) in [5.74, 6) is 1.41. The van der Waals surface area contributed by atoms with Gasteiger partial charge in [-0.2, -0.15) is 0 Å². The number of nitrogens with two attached hydrogens (primary N) is 1. The number of nitrogen functional groups attached to an aromatic ring is 1. The van der Waals surface area contributed by atoms with Crippen molar-refractivity contribution in [3.05, 3.63) is 17.5 Å². The van der Waals surface area contributed by atoms with E-state index in [1.165, 1.54) is 32.1 Å². The van der Waals surface area contributed by atoms with Crippen LogP contribution in [0, 0.1) is 18.3 Å². The molecule has 1 heterocycles. The quantitative estimate of drug-likeness (QED) is 0.642. The first kappa shape index (κ1) is 13.8. The summed E-state index contributed by atoms with van der Waals surface area (Å²) in [6.07, 6.45) is 6.65. The number of hydrogen-bond acceptors (Lipinski definition) is 4. The van der Waals surface area contributed by atoms with Crippen LogP contribution in [0.3, 0.4) is 0 Å². The lowest BCUT2D eigenvalue weighted by Crippen LogP contribution is -2.29. The molecule has 2 rings (SSSR count). The van der Waals surface area contributed by atoms with Gasteiger partial charge >= 0.3 is 0 Å². The maximum Gasteiger partial charge on any atom is 0.225 e. The van der Waals surface area contributed by atoms with Crippen molar-refractivity contribution in [2.24, 2.45) is 11.7 Å². The van der Waals surface area contributed by atoms with Crippen molar-refractivity contribution >= 4 is 11.8 Å². The maximum atomic E-state index is 7.49. The van der Waals surface area contributed by atoms with E-state index in [9.17, 15) is 0 Å². The summed E-state index contributed by atoms with van der Waals surface area (Å²) in [4.78, 5) is 10.9. The highest BCUT2D eigenvalue weighted by Gasteiger charge is 2.17. The van der Waals surface area contributed by atoms with Gasteiger partial charge in [-0.05, 0) is 31.7 Å². The molecule has 0 radical (unpaired) electrons. The van der Waals surface area contributed by atoms with E-state index in [-0.39, 0.29) is 5.84 Å². The molecule has 1 aromatic heterocycles. The van der Waals surface area contributed by atoms with E-state index < -0.39 is 0 Å². The number of rotatable bonds is 4. The Kier molecular flexibility index (Phi) is 4.35. The minimum atomic E-state index is -0.00202.